The Hall–Kier alpha value is -2.94. The molecule has 36 heavy (non-hydrogen) atoms. The summed E-state index contributed by atoms with van der Waals surface area (Å²) in [5.74, 6) is -1.90. The van der Waals surface area contributed by atoms with Gasteiger partial charge in [0.15, 0.2) is 0 Å². The quantitative estimate of drug-likeness (QED) is 0.379. The lowest BCUT2D eigenvalue weighted by Gasteiger charge is -2.46. The predicted molar refractivity (Wildman–Crippen MR) is 136 cm³/mol. The van der Waals surface area contributed by atoms with Gasteiger partial charge in [-0.15, -0.1) is 0 Å². The van der Waals surface area contributed by atoms with Gasteiger partial charge in [-0.1, -0.05) is 77.8 Å². The third-order valence-electron chi connectivity index (χ3n) is 6.30. The van der Waals surface area contributed by atoms with E-state index in [4.69, 9.17) is 28.0 Å². The summed E-state index contributed by atoms with van der Waals surface area (Å²) in [5.41, 5.74) is 4.62. The number of hydrogen-bond donors (Lipinski definition) is 3. The molecule has 0 bridgehead atoms. The summed E-state index contributed by atoms with van der Waals surface area (Å²) in [6.45, 7) is 1.10. The van der Waals surface area contributed by atoms with E-state index in [-0.39, 0.29) is 11.6 Å². The normalized spacial score (nSPS) is 18.9. The summed E-state index contributed by atoms with van der Waals surface area (Å²) < 4.78 is 0. The highest BCUT2D eigenvalue weighted by Crippen LogP contribution is 2.46. The number of aliphatic hydroxyl groups excluding tert-OH is 2. The van der Waals surface area contributed by atoms with Crippen molar-refractivity contribution >= 4 is 35.0 Å². The van der Waals surface area contributed by atoms with Gasteiger partial charge in [0.2, 0.25) is 0 Å². The van der Waals surface area contributed by atoms with Crippen molar-refractivity contribution in [1.29, 1.82) is 0 Å². The smallest absolute Gasteiger partial charge is 0.255 e. The molecule has 3 aromatic carbocycles. The van der Waals surface area contributed by atoms with Crippen LogP contribution in [0.4, 0.5) is 0 Å². The lowest BCUT2D eigenvalue weighted by Crippen LogP contribution is -2.55. The van der Waals surface area contributed by atoms with Crippen molar-refractivity contribution < 1.29 is 24.6 Å². The van der Waals surface area contributed by atoms with E-state index in [9.17, 15) is 19.8 Å². The van der Waals surface area contributed by atoms with E-state index in [0.717, 1.165) is 5.56 Å². The molecule has 0 fully saturated rings. The summed E-state index contributed by atoms with van der Waals surface area (Å²) in [6, 6.07) is 18.9. The largest absolute Gasteiger partial charge is 0.394 e. The van der Waals surface area contributed by atoms with Crippen LogP contribution in [0.3, 0.4) is 0 Å². The number of hydroxylamine groups is 1. The van der Waals surface area contributed by atoms with E-state index in [1.807, 2.05) is 30.3 Å². The summed E-state index contributed by atoms with van der Waals surface area (Å²) in [5, 5.41) is 21.3. The van der Waals surface area contributed by atoms with Crippen molar-refractivity contribution in [3.8, 4) is 0 Å². The number of fused-ring (bicyclic) bond motifs is 1. The topological polar surface area (TPSA) is 99.1 Å². The first kappa shape index (κ1) is 26.1. The van der Waals surface area contributed by atoms with E-state index < -0.39 is 42.5 Å². The Kier molecular flexibility index (Phi) is 8.28. The molecule has 9 heteroatoms. The van der Waals surface area contributed by atoms with Crippen LogP contribution in [0.2, 0.25) is 10.0 Å². The number of carbonyl (C=O) groups is 2. The van der Waals surface area contributed by atoms with Crippen LogP contribution in [-0.4, -0.2) is 45.7 Å². The van der Waals surface area contributed by atoms with Crippen LogP contribution in [0.1, 0.15) is 45.9 Å². The van der Waals surface area contributed by atoms with Crippen molar-refractivity contribution in [1.82, 2.24) is 10.4 Å². The second-order valence-corrected chi connectivity index (χ2v) is 9.46. The molecule has 2 unspecified atom stereocenters. The Morgan fingerprint density at radius 3 is 2.42 bits per heavy atom. The molecule has 4 atom stereocenters. The Morgan fingerprint density at radius 2 is 1.75 bits per heavy atom. The molecule has 0 aromatic heterocycles. The van der Waals surface area contributed by atoms with Crippen molar-refractivity contribution in [2.75, 3.05) is 6.61 Å². The summed E-state index contributed by atoms with van der Waals surface area (Å²) in [4.78, 5) is 34.3. The molecule has 2 amide bonds. The molecule has 4 rings (SSSR count). The molecule has 188 valence electrons. The van der Waals surface area contributed by atoms with Gasteiger partial charge in [-0.25, -0.2) is 5.48 Å². The highest BCUT2D eigenvalue weighted by Gasteiger charge is 2.48. The number of nitrogens with zero attached hydrogens (tertiary/aromatic N) is 1. The Bertz CT molecular complexity index is 1240. The molecular weight excluding hydrogens is 503 g/mol. The third-order valence-corrected chi connectivity index (χ3v) is 6.86. The van der Waals surface area contributed by atoms with Gasteiger partial charge in [0, 0.05) is 15.6 Å². The first-order valence-electron chi connectivity index (χ1n) is 11.4. The summed E-state index contributed by atoms with van der Waals surface area (Å²) in [6.07, 6.45) is -1.09. The molecule has 0 radical (unpaired) electrons. The van der Waals surface area contributed by atoms with Crippen molar-refractivity contribution in [3.05, 3.63) is 105 Å². The first-order chi connectivity index (χ1) is 17.3. The monoisotopic (exact) mass is 528 g/mol. The number of carbonyl (C=O) groups excluding carboxylic acids is 2. The Balaban J connectivity index is 1.80. The SMILES string of the molecule is C[C@@H](O)[C@H](CO)N1C(=O)c2ccccc2C(C(=O)NOCc2ccccc2)C1c1ccc(Cl)cc1Cl. The molecular formula is C27H26Cl2N2O5. The van der Waals surface area contributed by atoms with E-state index >= 15 is 0 Å². The minimum absolute atomic E-state index is 0.142. The fourth-order valence-electron chi connectivity index (χ4n) is 4.57. The summed E-state index contributed by atoms with van der Waals surface area (Å²) >= 11 is 12.7. The summed E-state index contributed by atoms with van der Waals surface area (Å²) in [7, 11) is 0. The van der Waals surface area contributed by atoms with E-state index in [2.05, 4.69) is 5.48 Å². The van der Waals surface area contributed by atoms with Crippen molar-refractivity contribution in [3.63, 3.8) is 0 Å². The number of benzene rings is 3. The number of halogens is 2. The predicted octanol–water partition coefficient (Wildman–Crippen LogP) is 4.26. The van der Waals surface area contributed by atoms with Crippen molar-refractivity contribution in [2.45, 2.75) is 37.6 Å². The maximum Gasteiger partial charge on any atom is 0.255 e. The molecule has 0 saturated heterocycles. The average molecular weight is 529 g/mol. The van der Waals surface area contributed by atoms with Crippen LogP contribution < -0.4 is 5.48 Å². The minimum atomic E-state index is -1.09. The van der Waals surface area contributed by atoms with E-state index in [0.29, 0.717) is 21.7 Å². The van der Waals surface area contributed by atoms with E-state index in [1.165, 1.54) is 17.9 Å². The Morgan fingerprint density at radius 1 is 1.06 bits per heavy atom. The third kappa shape index (κ3) is 5.26. The highest BCUT2D eigenvalue weighted by atomic mass is 35.5. The number of hydrogen-bond acceptors (Lipinski definition) is 5. The lowest BCUT2D eigenvalue weighted by atomic mass is 9.78. The zero-order chi connectivity index (χ0) is 25.8. The molecule has 1 heterocycles. The number of amides is 2. The molecule has 0 saturated carbocycles. The van der Waals surface area contributed by atoms with Crippen LogP contribution in [0.5, 0.6) is 0 Å². The zero-order valence-electron chi connectivity index (χ0n) is 19.5. The molecule has 1 aliphatic heterocycles. The van der Waals surface area contributed by atoms with Crippen LogP contribution in [0, 0.1) is 0 Å². The van der Waals surface area contributed by atoms with Crippen LogP contribution >= 0.6 is 23.2 Å². The van der Waals surface area contributed by atoms with Gasteiger partial charge in [0.1, 0.15) is 0 Å². The van der Waals surface area contributed by atoms with Gasteiger partial charge in [-0.05, 0) is 41.8 Å². The molecule has 3 aromatic rings. The van der Waals surface area contributed by atoms with Crippen LogP contribution in [-0.2, 0) is 16.2 Å². The minimum Gasteiger partial charge on any atom is -0.394 e. The second kappa shape index (κ2) is 11.4. The van der Waals surface area contributed by atoms with Crippen LogP contribution in [0.25, 0.3) is 0 Å². The fraction of sp³-hybridized carbons (Fsp3) is 0.259. The van der Waals surface area contributed by atoms with Gasteiger partial charge >= 0.3 is 0 Å². The number of aliphatic hydroxyl groups is 2. The van der Waals surface area contributed by atoms with Gasteiger partial charge in [-0.3, -0.25) is 14.4 Å². The second-order valence-electron chi connectivity index (χ2n) is 8.62. The molecule has 0 aliphatic carbocycles. The molecule has 1 aliphatic rings. The number of rotatable bonds is 8. The van der Waals surface area contributed by atoms with Gasteiger partial charge in [-0.2, -0.15) is 0 Å². The van der Waals surface area contributed by atoms with Crippen molar-refractivity contribution in [2.24, 2.45) is 0 Å². The average Bonchev–Trinajstić information content (AvgIpc) is 2.86. The standard InChI is InChI=1S/C27H26Cl2N2O5/c1-16(33)23(14-32)31-25(21-12-11-18(28)13-22(21)29)24(19-9-5-6-10-20(19)27(31)35)26(34)30-36-15-17-7-3-2-4-8-17/h2-13,16,23-25,32-33H,14-15H2,1H3,(H,30,34)/t16-,23+,24?,25?/m1/s1. The first-order valence-corrected chi connectivity index (χ1v) is 12.2. The van der Waals surface area contributed by atoms with E-state index in [1.54, 1.807) is 36.4 Å². The Labute approximate surface area is 219 Å². The molecule has 7 nitrogen and oxygen atoms in total. The maximum absolute atomic E-state index is 13.7. The molecule has 3 N–H and O–H groups in total. The molecule has 0 spiro atoms. The zero-order valence-corrected chi connectivity index (χ0v) is 21.0. The van der Waals surface area contributed by atoms with Crippen LogP contribution in [0.15, 0.2) is 72.8 Å². The lowest BCUT2D eigenvalue weighted by molar-refractivity contribution is -0.138. The highest BCUT2D eigenvalue weighted by molar-refractivity contribution is 6.35. The van der Waals surface area contributed by atoms with Gasteiger partial charge in [0.05, 0.1) is 37.3 Å². The van der Waals surface area contributed by atoms with Gasteiger partial charge in [0.25, 0.3) is 11.8 Å². The maximum atomic E-state index is 13.7. The van der Waals surface area contributed by atoms with Gasteiger partial charge < -0.3 is 15.1 Å². The fourth-order valence-corrected chi connectivity index (χ4v) is 5.09. The number of nitrogens with one attached hydrogen (secondary N) is 1.